The van der Waals surface area contributed by atoms with E-state index >= 15 is 0 Å². The van der Waals surface area contributed by atoms with E-state index in [0.717, 1.165) is 19.5 Å². The highest BCUT2D eigenvalue weighted by atomic mass is 35.5. The highest BCUT2D eigenvalue weighted by Crippen LogP contribution is 2.33. The average Bonchev–Trinajstić information content (AvgIpc) is 3.07. The molecule has 2 aliphatic rings. The van der Waals surface area contributed by atoms with Gasteiger partial charge in [-0.25, -0.2) is 4.79 Å². The van der Waals surface area contributed by atoms with Crippen LogP contribution < -0.4 is 15.4 Å². The Kier molecular flexibility index (Phi) is 6.86. The van der Waals surface area contributed by atoms with E-state index in [1.54, 1.807) is 6.07 Å². The van der Waals surface area contributed by atoms with E-state index in [2.05, 4.69) is 10.6 Å². The number of aliphatic hydroxyl groups excluding tert-OH is 1. The maximum Gasteiger partial charge on any atom is 0.338 e. The number of ether oxygens (including phenoxy) is 2. The van der Waals surface area contributed by atoms with Crippen molar-refractivity contribution in [1.29, 1.82) is 0 Å². The smallest absolute Gasteiger partial charge is 0.338 e. The number of carbonyl (C=O) groups excluding carboxylic acids is 2. The highest BCUT2D eigenvalue weighted by molar-refractivity contribution is 5.98. The molecule has 3 N–H and O–H groups in total. The summed E-state index contributed by atoms with van der Waals surface area (Å²) in [5, 5.41) is 16.6. The first-order chi connectivity index (χ1) is 12.0. The van der Waals surface area contributed by atoms with Gasteiger partial charge in [0.25, 0.3) is 5.91 Å². The molecule has 1 saturated carbocycles. The summed E-state index contributed by atoms with van der Waals surface area (Å²) in [4.78, 5) is 24.4. The van der Waals surface area contributed by atoms with Crippen LogP contribution >= 0.6 is 12.4 Å². The SMILES string of the molecule is COC(=O)c1cc(OC)cc(C(=O)N[C@H]2C[C@H]3CNC[C@H]3C[C@@H]2O)c1.Cl. The first-order valence-electron chi connectivity index (χ1n) is 8.49. The molecule has 1 aromatic rings. The Bertz CT molecular complexity index is 669. The van der Waals surface area contributed by atoms with Crippen LogP contribution in [-0.4, -0.2) is 56.4 Å². The van der Waals surface area contributed by atoms with Crippen LogP contribution in [0.3, 0.4) is 0 Å². The molecule has 0 bridgehead atoms. The van der Waals surface area contributed by atoms with Gasteiger partial charge in [0.15, 0.2) is 0 Å². The lowest BCUT2D eigenvalue weighted by molar-refractivity contribution is 0.0462. The normalized spacial score (nSPS) is 27.0. The van der Waals surface area contributed by atoms with E-state index in [0.29, 0.717) is 29.6 Å². The zero-order valence-electron chi connectivity index (χ0n) is 14.9. The van der Waals surface area contributed by atoms with E-state index in [4.69, 9.17) is 9.47 Å². The summed E-state index contributed by atoms with van der Waals surface area (Å²) in [5.74, 6) is 0.482. The molecule has 0 spiro atoms. The fourth-order valence-corrected chi connectivity index (χ4v) is 3.79. The molecule has 1 saturated heterocycles. The minimum absolute atomic E-state index is 0. The molecule has 7 nitrogen and oxygen atoms in total. The Balaban J connectivity index is 0.00000243. The Hall–Kier alpha value is -1.83. The average molecular weight is 385 g/mol. The van der Waals surface area contributed by atoms with Gasteiger partial charge in [0.05, 0.1) is 31.9 Å². The molecular formula is C18H25ClN2O5. The molecule has 0 unspecified atom stereocenters. The second kappa shape index (κ2) is 8.70. The second-order valence-electron chi connectivity index (χ2n) is 6.74. The van der Waals surface area contributed by atoms with Crippen molar-refractivity contribution in [2.75, 3.05) is 27.3 Å². The van der Waals surface area contributed by atoms with Crippen LogP contribution in [0.4, 0.5) is 0 Å². The summed E-state index contributed by atoms with van der Waals surface area (Å²) in [5.41, 5.74) is 0.551. The number of hydrogen-bond acceptors (Lipinski definition) is 6. The predicted molar refractivity (Wildman–Crippen MR) is 97.9 cm³/mol. The Morgan fingerprint density at radius 2 is 1.77 bits per heavy atom. The standard InChI is InChI=1S/C18H24N2O5.ClH/c1-24-14-4-10(3-11(5-14)18(23)25-2)17(22)20-15-6-12-8-19-9-13(12)7-16(15)21;/h3-5,12-13,15-16,19,21H,6-9H2,1-2H3,(H,20,22);1H/t12-,13+,15-,16-;/m0./s1. The van der Waals surface area contributed by atoms with Gasteiger partial charge in [-0.05, 0) is 56.0 Å². The molecular weight excluding hydrogens is 360 g/mol. The summed E-state index contributed by atoms with van der Waals surface area (Å²) in [6.45, 7) is 1.86. The zero-order chi connectivity index (χ0) is 18.0. The maximum absolute atomic E-state index is 12.6. The molecule has 26 heavy (non-hydrogen) atoms. The molecule has 4 atom stereocenters. The van der Waals surface area contributed by atoms with E-state index in [-0.39, 0.29) is 29.9 Å². The van der Waals surface area contributed by atoms with E-state index in [1.807, 2.05) is 0 Å². The number of rotatable bonds is 4. The summed E-state index contributed by atoms with van der Waals surface area (Å²) in [7, 11) is 2.75. The molecule has 144 valence electrons. The number of nitrogens with one attached hydrogen (secondary N) is 2. The lowest BCUT2D eigenvalue weighted by atomic mass is 9.77. The molecule has 0 radical (unpaired) electrons. The van der Waals surface area contributed by atoms with Crippen LogP contribution in [-0.2, 0) is 4.74 Å². The quantitative estimate of drug-likeness (QED) is 0.670. The van der Waals surface area contributed by atoms with Gasteiger partial charge in [-0.3, -0.25) is 4.79 Å². The molecule has 1 aliphatic heterocycles. The van der Waals surface area contributed by atoms with Crippen molar-refractivity contribution in [3.8, 4) is 5.75 Å². The molecule has 1 amide bonds. The molecule has 8 heteroatoms. The maximum atomic E-state index is 12.6. The molecule has 0 aromatic heterocycles. The zero-order valence-corrected chi connectivity index (χ0v) is 15.7. The lowest BCUT2D eigenvalue weighted by Crippen LogP contribution is -2.49. The number of fused-ring (bicyclic) bond motifs is 1. The van der Waals surface area contributed by atoms with Crippen molar-refractivity contribution in [3.05, 3.63) is 29.3 Å². The summed E-state index contributed by atoms with van der Waals surface area (Å²) < 4.78 is 9.87. The van der Waals surface area contributed by atoms with Crippen molar-refractivity contribution in [1.82, 2.24) is 10.6 Å². The number of benzene rings is 1. The Labute approximate surface area is 158 Å². The van der Waals surface area contributed by atoms with E-state index < -0.39 is 12.1 Å². The summed E-state index contributed by atoms with van der Waals surface area (Å²) in [6.07, 6.45) is 0.878. The van der Waals surface area contributed by atoms with Crippen LogP contribution in [0.15, 0.2) is 18.2 Å². The van der Waals surface area contributed by atoms with Gasteiger partial charge in [-0.1, -0.05) is 0 Å². The number of esters is 1. The van der Waals surface area contributed by atoms with Crippen LogP contribution in [0.1, 0.15) is 33.6 Å². The number of halogens is 1. The number of hydrogen-bond donors (Lipinski definition) is 3. The summed E-state index contributed by atoms with van der Waals surface area (Å²) in [6, 6.07) is 4.27. The number of carbonyl (C=O) groups is 2. The minimum Gasteiger partial charge on any atom is -0.497 e. The number of methoxy groups -OCH3 is 2. The third-order valence-corrected chi connectivity index (χ3v) is 5.19. The highest BCUT2D eigenvalue weighted by Gasteiger charge is 2.39. The third kappa shape index (κ3) is 4.28. The van der Waals surface area contributed by atoms with Gasteiger partial charge >= 0.3 is 5.97 Å². The third-order valence-electron chi connectivity index (χ3n) is 5.19. The van der Waals surface area contributed by atoms with Crippen molar-refractivity contribution in [2.24, 2.45) is 11.8 Å². The first kappa shape index (κ1) is 20.5. The minimum atomic E-state index is -0.559. The fraction of sp³-hybridized carbons (Fsp3) is 0.556. The predicted octanol–water partition coefficient (Wildman–Crippen LogP) is 0.992. The Morgan fingerprint density at radius 3 is 2.42 bits per heavy atom. The van der Waals surface area contributed by atoms with Gasteiger partial charge in [0.1, 0.15) is 5.75 Å². The molecule has 3 rings (SSSR count). The monoisotopic (exact) mass is 384 g/mol. The topological polar surface area (TPSA) is 96.9 Å². The van der Waals surface area contributed by atoms with E-state index in [9.17, 15) is 14.7 Å². The van der Waals surface area contributed by atoms with Gasteiger partial charge in [0, 0.05) is 5.56 Å². The van der Waals surface area contributed by atoms with Crippen molar-refractivity contribution in [3.63, 3.8) is 0 Å². The molecule has 1 aliphatic carbocycles. The van der Waals surface area contributed by atoms with Crippen molar-refractivity contribution >= 4 is 24.3 Å². The summed E-state index contributed by atoms with van der Waals surface area (Å²) >= 11 is 0. The van der Waals surface area contributed by atoms with Gasteiger partial charge in [-0.15, -0.1) is 12.4 Å². The first-order valence-corrected chi connectivity index (χ1v) is 8.49. The van der Waals surface area contributed by atoms with Crippen molar-refractivity contribution < 1.29 is 24.2 Å². The van der Waals surface area contributed by atoms with Crippen molar-refractivity contribution in [2.45, 2.75) is 25.0 Å². The van der Waals surface area contributed by atoms with Crippen LogP contribution in [0.25, 0.3) is 0 Å². The number of aliphatic hydroxyl groups is 1. The lowest BCUT2D eigenvalue weighted by Gasteiger charge is -2.35. The molecule has 1 aromatic carbocycles. The van der Waals surface area contributed by atoms with Crippen LogP contribution in [0, 0.1) is 11.8 Å². The van der Waals surface area contributed by atoms with E-state index in [1.165, 1.54) is 26.4 Å². The molecule has 1 heterocycles. The Morgan fingerprint density at radius 1 is 1.12 bits per heavy atom. The van der Waals surface area contributed by atoms with Gasteiger partial charge in [-0.2, -0.15) is 0 Å². The molecule has 2 fully saturated rings. The van der Waals surface area contributed by atoms with Gasteiger partial charge in [0.2, 0.25) is 0 Å². The van der Waals surface area contributed by atoms with Crippen LogP contribution in [0.2, 0.25) is 0 Å². The number of amides is 1. The van der Waals surface area contributed by atoms with Crippen LogP contribution in [0.5, 0.6) is 5.75 Å². The fourth-order valence-electron chi connectivity index (χ4n) is 3.79. The largest absolute Gasteiger partial charge is 0.497 e. The second-order valence-corrected chi connectivity index (χ2v) is 6.74. The van der Waals surface area contributed by atoms with Gasteiger partial charge < -0.3 is 25.2 Å².